The molecule has 0 saturated carbocycles. The van der Waals surface area contributed by atoms with Gasteiger partial charge in [0, 0.05) is 18.7 Å². The molecule has 3 rings (SSSR count). The van der Waals surface area contributed by atoms with Crippen molar-refractivity contribution in [3.63, 3.8) is 0 Å². The minimum absolute atomic E-state index is 0.0782. The van der Waals surface area contributed by atoms with Crippen molar-refractivity contribution in [2.24, 2.45) is 0 Å². The fourth-order valence-electron chi connectivity index (χ4n) is 2.29. The summed E-state index contributed by atoms with van der Waals surface area (Å²) in [6.07, 6.45) is -3.05. The van der Waals surface area contributed by atoms with Crippen molar-refractivity contribution in [1.29, 1.82) is 0 Å². The Labute approximate surface area is 117 Å². The summed E-state index contributed by atoms with van der Waals surface area (Å²) in [6.45, 7) is 0.689. The molecule has 1 aliphatic heterocycles. The van der Waals surface area contributed by atoms with Crippen LogP contribution in [0.4, 0.5) is 8.78 Å². The van der Waals surface area contributed by atoms with E-state index in [-0.39, 0.29) is 13.0 Å². The van der Waals surface area contributed by atoms with Gasteiger partial charge in [0.05, 0.1) is 17.5 Å². The Balaban J connectivity index is 2.11. The summed E-state index contributed by atoms with van der Waals surface area (Å²) in [5, 5.41) is 8.74. The van der Waals surface area contributed by atoms with Crippen molar-refractivity contribution in [3.05, 3.63) is 18.0 Å². The van der Waals surface area contributed by atoms with Crippen LogP contribution in [0.1, 0.15) is 18.7 Å². The summed E-state index contributed by atoms with van der Waals surface area (Å²) >= 11 is 0. The highest BCUT2D eigenvalue weighted by molar-refractivity contribution is 5.81. The van der Waals surface area contributed by atoms with Gasteiger partial charge in [-0.1, -0.05) is 0 Å². The van der Waals surface area contributed by atoms with E-state index in [0.29, 0.717) is 35.7 Å². The number of benzene rings is 1. The third-order valence-electron chi connectivity index (χ3n) is 3.19. The number of imidazole rings is 1. The monoisotopic (exact) mass is 298 g/mol. The molecule has 1 aromatic carbocycles. The smallest absolute Gasteiger partial charge is 0.305 e. The molecule has 0 atom stereocenters. The number of aromatic nitrogens is 2. The van der Waals surface area contributed by atoms with Crippen LogP contribution in [-0.2, 0) is 11.3 Å². The molecule has 0 spiro atoms. The average molecular weight is 298 g/mol. The number of fused-ring (bicyclic) bond motifs is 2. The number of ether oxygens (including phenoxy) is 2. The van der Waals surface area contributed by atoms with E-state index in [2.05, 4.69) is 4.98 Å². The van der Waals surface area contributed by atoms with Gasteiger partial charge in [-0.3, -0.25) is 4.79 Å². The van der Waals surface area contributed by atoms with Gasteiger partial charge >= 0.3 is 5.97 Å². The third kappa shape index (κ3) is 2.48. The van der Waals surface area contributed by atoms with Gasteiger partial charge in [-0.05, 0) is 0 Å². The van der Waals surface area contributed by atoms with E-state index in [1.165, 1.54) is 10.6 Å². The molecule has 0 saturated heterocycles. The van der Waals surface area contributed by atoms with Crippen molar-refractivity contribution >= 4 is 17.0 Å². The molecule has 6 nitrogen and oxygen atoms in total. The first-order valence-corrected chi connectivity index (χ1v) is 6.36. The van der Waals surface area contributed by atoms with E-state index in [1.807, 2.05) is 0 Å². The van der Waals surface area contributed by atoms with Crippen molar-refractivity contribution in [2.45, 2.75) is 19.4 Å². The Kier molecular flexibility index (Phi) is 3.36. The van der Waals surface area contributed by atoms with Gasteiger partial charge in [0.25, 0.3) is 6.43 Å². The normalized spacial score (nSPS) is 13.9. The number of nitrogens with zero attached hydrogens (tertiary/aromatic N) is 2. The number of aryl methyl sites for hydroxylation is 1. The number of aliphatic carboxylic acids is 1. The fraction of sp³-hybridized carbons (Fsp3) is 0.385. The minimum Gasteiger partial charge on any atom is -0.486 e. The lowest BCUT2D eigenvalue weighted by atomic mass is 10.2. The molecule has 112 valence electrons. The number of rotatable bonds is 4. The van der Waals surface area contributed by atoms with E-state index in [4.69, 9.17) is 14.6 Å². The number of hydrogen-bond acceptors (Lipinski definition) is 4. The van der Waals surface area contributed by atoms with Crippen molar-refractivity contribution < 1.29 is 28.2 Å². The molecular weight excluding hydrogens is 286 g/mol. The van der Waals surface area contributed by atoms with Gasteiger partial charge in [0.15, 0.2) is 17.3 Å². The maximum absolute atomic E-state index is 13.1. The van der Waals surface area contributed by atoms with E-state index in [9.17, 15) is 13.6 Å². The van der Waals surface area contributed by atoms with E-state index < -0.39 is 18.2 Å². The van der Waals surface area contributed by atoms with Crippen LogP contribution in [-0.4, -0.2) is 33.8 Å². The zero-order valence-corrected chi connectivity index (χ0v) is 10.9. The lowest BCUT2D eigenvalue weighted by molar-refractivity contribution is -0.137. The molecule has 1 N–H and O–H groups in total. The van der Waals surface area contributed by atoms with Crippen molar-refractivity contribution in [1.82, 2.24) is 9.55 Å². The topological polar surface area (TPSA) is 73.6 Å². The maximum Gasteiger partial charge on any atom is 0.305 e. The molecule has 21 heavy (non-hydrogen) atoms. The summed E-state index contributed by atoms with van der Waals surface area (Å²) in [5.74, 6) is -0.605. The number of carboxylic acid groups (broad SMARTS) is 1. The number of halogens is 2. The van der Waals surface area contributed by atoms with Crippen LogP contribution in [0.15, 0.2) is 12.1 Å². The SMILES string of the molecule is O=C(O)CCn1c(C(F)F)nc2cc3c(cc21)OCCO3. The summed E-state index contributed by atoms with van der Waals surface area (Å²) in [4.78, 5) is 14.6. The molecule has 8 heteroatoms. The van der Waals surface area contributed by atoms with Gasteiger partial charge in [-0.2, -0.15) is 0 Å². The van der Waals surface area contributed by atoms with Gasteiger partial charge in [0.2, 0.25) is 0 Å². The largest absolute Gasteiger partial charge is 0.486 e. The third-order valence-corrected chi connectivity index (χ3v) is 3.19. The molecule has 0 bridgehead atoms. The lowest BCUT2D eigenvalue weighted by Gasteiger charge is -2.18. The lowest BCUT2D eigenvalue weighted by Crippen LogP contribution is -2.15. The van der Waals surface area contributed by atoms with Crippen molar-refractivity contribution in [2.75, 3.05) is 13.2 Å². The predicted octanol–water partition coefficient (Wildman–Crippen LogP) is 2.22. The molecule has 0 aliphatic carbocycles. The molecule has 1 aliphatic rings. The molecule has 1 aromatic heterocycles. The number of carbonyl (C=O) groups is 1. The Bertz CT molecular complexity index is 699. The number of carboxylic acids is 1. The van der Waals surface area contributed by atoms with Crippen LogP contribution >= 0.6 is 0 Å². The maximum atomic E-state index is 13.1. The van der Waals surface area contributed by atoms with Crippen LogP contribution in [0.5, 0.6) is 11.5 Å². The van der Waals surface area contributed by atoms with Gasteiger partial charge in [0.1, 0.15) is 13.2 Å². The van der Waals surface area contributed by atoms with Crippen LogP contribution in [0.25, 0.3) is 11.0 Å². The standard InChI is InChI=1S/C13H12F2N2O4/c14-12(15)13-16-7-5-9-10(21-4-3-20-9)6-8(7)17(13)2-1-11(18)19/h5-6,12H,1-4H2,(H,18,19). The summed E-state index contributed by atoms with van der Waals surface area (Å²) < 4.78 is 38.2. The average Bonchev–Trinajstić information content (AvgIpc) is 2.80. The highest BCUT2D eigenvalue weighted by Gasteiger charge is 2.22. The van der Waals surface area contributed by atoms with Crippen LogP contribution in [0, 0.1) is 0 Å². The Morgan fingerprint density at radius 2 is 2.00 bits per heavy atom. The van der Waals surface area contributed by atoms with E-state index >= 15 is 0 Å². The minimum atomic E-state index is -2.79. The zero-order valence-electron chi connectivity index (χ0n) is 10.9. The van der Waals surface area contributed by atoms with Crippen molar-refractivity contribution in [3.8, 4) is 11.5 Å². The summed E-state index contributed by atoms with van der Waals surface area (Å²) in [5.41, 5.74) is 0.746. The first kappa shape index (κ1) is 13.6. The fourth-order valence-corrected chi connectivity index (χ4v) is 2.29. The number of hydrogen-bond donors (Lipinski definition) is 1. The summed E-state index contributed by atoms with van der Waals surface area (Å²) in [6, 6.07) is 3.09. The highest BCUT2D eigenvalue weighted by Crippen LogP contribution is 2.36. The van der Waals surface area contributed by atoms with Gasteiger partial charge in [-0.25, -0.2) is 13.8 Å². The second-order valence-electron chi connectivity index (χ2n) is 4.55. The Morgan fingerprint density at radius 1 is 1.33 bits per heavy atom. The van der Waals surface area contributed by atoms with Gasteiger partial charge in [-0.15, -0.1) is 0 Å². The van der Waals surface area contributed by atoms with Crippen LogP contribution in [0.3, 0.4) is 0 Å². The van der Waals surface area contributed by atoms with Crippen LogP contribution in [0.2, 0.25) is 0 Å². The van der Waals surface area contributed by atoms with E-state index in [0.717, 1.165) is 0 Å². The second-order valence-corrected chi connectivity index (χ2v) is 4.55. The predicted molar refractivity (Wildman–Crippen MR) is 67.9 cm³/mol. The highest BCUT2D eigenvalue weighted by atomic mass is 19.3. The molecule has 2 aromatic rings. The van der Waals surface area contributed by atoms with Crippen LogP contribution < -0.4 is 9.47 Å². The molecule has 0 unspecified atom stereocenters. The first-order valence-electron chi connectivity index (χ1n) is 6.36. The van der Waals surface area contributed by atoms with Gasteiger partial charge < -0.3 is 19.1 Å². The Morgan fingerprint density at radius 3 is 2.62 bits per heavy atom. The van der Waals surface area contributed by atoms with E-state index in [1.54, 1.807) is 6.07 Å². The molecule has 2 heterocycles. The summed E-state index contributed by atoms with van der Waals surface area (Å²) in [7, 11) is 0. The molecule has 0 radical (unpaired) electrons. The quantitative estimate of drug-likeness (QED) is 0.937. The first-order chi connectivity index (χ1) is 10.1. The number of alkyl halides is 2. The zero-order chi connectivity index (χ0) is 15.0. The second kappa shape index (κ2) is 5.19. The molecular formula is C13H12F2N2O4. The molecule has 0 amide bonds. The Hall–Kier alpha value is -2.38. The molecule has 0 fully saturated rings.